The third-order valence-corrected chi connectivity index (χ3v) is 10.5. The number of alkyl halides is 1. The van der Waals surface area contributed by atoms with Crippen LogP contribution in [0.3, 0.4) is 0 Å². The zero-order chi connectivity index (χ0) is 30.4. The molecule has 0 radical (unpaired) electrons. The highest BCUT2D eigenvalue weighted by atomic mass is 35.5. The number of allylic oxidation sites excluding steroid dienone is 1. The van der Waals surface area contributed by atoms with Gasteiger partial charge >= 0.3 is 0 Å². The third kappa shape index (κ3) is 7.39. The maximum atomic E-state index is 14.1. The van der Waals surface area contributed by atoms with E-state index in [1.54, 1.807) is 19.2 Å². The van der Waals surface area contributed by atoms with Crippen molar-refractivity contribution in [2.75, 3.05) is 31.5 Å². The normalized spacial score (nSPS) is 22.4. The van der Waals surface area contributed by atoms with E-state index in [4.69, 9.17) is 39.5 Å². The van der Waals surface area contributed by atoms with E-state index in [9.17, 15) is 9.59 Å². The van der Waals surface area contributed by atoms with Crippen LogP contribution in [-0.2, 0) is 19.7 Å². The minimum Gasteiger partial charge on any atom is -0.385 e. The van der Waals surface area contributed by atoms with Crippen LogP contribution in [0.2, 0.25) is 35.7 Å². The van der Waals surface area contributed by atoms with Gasteiger partial charge in [0.1, 0.15) is 5.41 Å². The predicted octanol–water partition coefficient (Wildman–Crippen LogP) is 8.52. The standard InChI is InChI=1S/C26H27Cl3N2O2.C6H16OSi/c1-3-16(4-2)24-26(20-10-9-19(29)14-22(20)30-25(26)33)21(17-7-5-8-18(28)13-17)15-23(32)31(24)12-6-11-27;1-7-5-6-8(2,3)4/h3,5,7-10,13-14,21,24H,4,6,11-12,15H2,1-2H3,(H,30,33);5-6H2,1-4H3/t21-,24+,26-;/m0./s1. The first-order valence-corrected chi connectivity index (χ1v) is 19.3. The van der Waals surface area contributed by atoms with Crippen molar-refractivity contribution < 1.29 is 14.3 Å². The highest BCUT2D eigenvalue weighted by molar-refractivity contribution is 6.76. The molecule has 3 atom stereocenters. The molecule has 224 valence electrons. The van der Waals surface area contributed by atoms with E-state index in [1.807, 2.05) is 48.2 Å². The van der Waals surface area contributed by atoms with E-state index in [0.717, 1.165) is 23.3 Å². The van der Waals surface area contributed by atoms with Gasteiger partial charge in [0.2, 0.25) is 11.8 Å². The molecule has 2 aliphatic heterocycles. The number of nitrogens with zero attached hydrogens (tertiary/aromatic N) is 1. The van der Waals surface area contributed by atoms with Crippen LogP contribution in [0.4, 0.5) is 5.69 Å². The minimum atomic E-state index is -1.01. The van der Waals surface area contributed by atoms with Crippen molar-refractivity contribution in [1.29, 1.82) is 0 Å². The number of fused-ring (bicyclic) bond motifs is 2. The van der Waals surface area contributed by atoms with E-state index in [0.29, 0.717) is 41.0 Å². The highest BCUT2D eigenvalue weighted by Gasteiger charge is 2.63. The Morgan fingerprint density at radius 3 is 2.41 bits per heavy atom. The summed E-state index contributed by atoms with van der Waals surface area (Å²) in [5, 5.41) is 4.22. The molecule has 1 fully saturated rings. The number of likely N-dealkylation sites (tertiary alicyclic amines) is 1. The monoisotopic (exact) mass is 636 g/mol. The number of methoxy groups -OCH3 is 1. The molecule has 0 aliphatic carbocycles. The van der Waals surface area contributed by atoms with Gasteiger partial charge in [-0.05, 0) is 61.2 Å². The van der Waals surface area contributed by atoms with Crippen molar-refractivity contribution in [2.45, 2.75) is 76.2 Å². The fourth-order valence-electron chi connectivity index (χ4n) is 6.02. The Hall–Kier alpha value is -1.83. The van der Waals surface area contributed by atoms with Crippen LogP contribution in [0.1, 0.15) is 50.2 Å². The van der Waals surface area contributed by atoms with Gasteiger partial charge in [-0.25, -0.2) is 0 Å². The van der Waals surface area contributed by atoms with Gasteiger partial charge in [0.05, 0.1) is 6.04 Å². The Labute approximate surface area is 261 Å². The number of nitrogens with one attached hydrogen (secondary N) is 1. The van der Waals surface area contributed by atoms with Crippen LogP contribution in [0.25, 0.3) is 0 Å². The Kier molecular flexibility index (Phi) is 12.0. The molecule has 4 rings (SSSR count). The molecular weight excluding hydrogens is 595 g/mol. The molecule has 2 heterocycles. The van der Waals surface area contributed by atoms with Gasteiger partial charge in [-0.1, -0.05) is 79.6 Å². The largest absolute Gasteiger partial charge is 0.385 e. The van der Waals surface area contributed by atoms with Crippen LogP contribution >= 0.6 is 34.8 Å². The summed E-state index contributed by atoms with van der Waals surface area (Å²) >= 11 is 18.7. The molecule has 9 heteroatoms. The summed E-state index contributed by atoms with van der Waals surface area (Å²) in [6, 6.07) is 13.9. The zero-order valence-electron chi connectivity index (χ0n) is 25.0. The minimum absolute atomic E-state index is 0.0173. The second-order valence-electron chi connectivity index (χ2n) is 11.9. The highest BCUT2D eigenvalue weighted by Crippen LogP contribution is 2.57. The SMILES string of the molecule is CC=C(CC)[C@H]1N(CCCCl)C(=O)C[C@@H](c2cccc(Cl)c2)[C@]12C(=O)Nc1cc(Cl)ccc12.COCC[Si](C)(C)C. The molecule has 0 aromatic heterocycles. The number of amides is 2. The van der Waals surface area contributed by atoms with Crippen LogP contribution < -0.4 is 5.32 Å². The van der Waals surface area contributed by atoms with E-state index < -0.39 is 19.5 Å². The van der Waals surface area contributed by atoms with Gasteiger partial charge in [-0.15, -0.1) is 11.6 Å². The van der Waals surface area contributed by atoms with Crippen molar-refractivity contribution in [1.82, 2.24) is 4.90 Å². The first-order chi connectivity index (χ1) is 19.4. The maximum Gasteiger partial charge on any atom is 0.238 e. The fraction of sp³-hybridized carbons (Fsp3) is 0.500. The predicted molar refractivity (Wildman–Crippen MR) is 175 cm³/mol. The van der Waals surface area contributed by atoms with Gasteiger partial charge in [0.15, 0.2) is 0 Å². The summed E-state index contributed by atoms with van der Waals surface area (Å²) in [5.41, 5.74) is 2.47. The summed E-state index contributed by atoms with van der Waals surface area (Å²) in [4.78, 5) is 29.5. The van der Waals surface area contributed by atoms with Gasteiger partial charge in [0.25, 0.3) is 0 Å². The van der Waals surface area contributed by atoms with E-state index >= 15 is 0 Å². The van der Waals surface area contributed by atoms with Crippen molar-refractivity contribution in [3.63, 3.8) is 0 Å². The molecule has 41 heavy (non-hydrogen) atoms. The number of ether oxygens (including phenoxy) is 1. The number of halogens is 3. The molecule has 0 unspecified atom stereocenters. The number of rotatable bonds is 9. The smallest absolute Gasteiger partial charge is 0.238 e. The Morgan fingerprint density at radius 2 is 1.85 bits per heavy atom. The molecule has 5 nitrogen and oxygen atoms in total. The molecule has 2 amide bonds. The summed E-state index contributed by atoms with van der Waals surface area (Å²) in [7, 11) is 0.961. The fourth-order valence-corrected chi connectivity index (χ4v) is 7.33. The molecule has 2 aromatic rings. The quantitative estimate of drug-likeness (QED) is 0.170. The number of anilines is 1. The van der Waals surface area contributed by atoms with Gasteiger partial charge in [-0.3, -0.25) is 9.59 Å². The molecule has 0 bridgehead atoms. The Bertz CT molecular complexity index is 1260. The second kappa shape index (κ2) is 14.6. The van der Waals surface area contributed by atoms with Crippen molar-refractivity contribution in [3.05, 3.63) is 75.3 Å². The van der Waals surface area contributed by atoms with Crippen LogP contribution in [-0.4, -0.2) is 57.0 Å². The van der Waals surface area contributed by atoms with Crippen LogP contribution in [0.5, 0.6) is 0 Å². The maximum absolute atomic E-state index is 14.1. The average Bonchev–Trinajstić information content (AvgIpc) is 3.20. The lowest BCUT2D eigenvalue weighted by molar-refractivity contribution is -0.143. The Balaban J connectivity index is 0.000000507. The number of hydrogen-bond acceptors (Lipinski definition) is 3. The van der Waals surface area contributed by atoms with Crippen LogP contribution in [0, 0.1) is 0 Å². The molecule has 2 aromatic carbocycles. The van der Waals surface area contributed by atoms with Crippen LogP contribution in [0.15, 0.2) is 54.1 Å². The Morgan fingerprint density at radius 1 is 1.15 bits per heavy atom. The van der Waals surface area contributed by atoms with Gasteiger partial charge in [-0.2, -0.15) is 0 Å². The number of carbonyl (C=O) groups excluding carboxylic acids is 2. The van der Waals surface area contributed by atoms with E-state index in [1.165, 1.54) is 6.04 Å². The summed E-state index contributed by atoms with van der Waals surface area (Å²) < 4.78 is 4.95. The lowest BCUT2D eigenvalue weighted by Gasteiger charge is -2.52. The lowest BCUT2D eigenvalue weighted by Crippen LogP contribution is -2.64. The first kappa shape index (κ1) is 33.7. The molecule has 1 N–H and O–H groups in total. The number of piperidine rings is 1. The second-order valence-corrected chi connectivity index (χ2v) is 18.7. The number of hydrogen-bond donors (Lipinski definition) is 1. The molecule has 1 saturated heterocycles. The summed E-state index contributed by atoms with van der Waals surface area (Å²) in [6.07, 6.45) is 3.60. The van der Waals surface area contributed by atoms with Crippen molar-refractivity contribution >= 4 is 60.4 Å². The molecule has 0 saturated carbocycles. The average molecular weight is 638 g/mol. The molecular formula is C32H43Cl3N2O3Si. The van der Waals surface area contributed by atoms with E-state index in [-0.39, 0.29) is 24.2 Å². The molecule has 1 spiro atoms. The lowest BCUT2D eigenvalue weighted by atomic mass is 9.58. The van der Waals surface area contributed by atoms with Crippen molar-refractivity contribution in [2.24, 2.45) is 0 Å². The van der Waals surface area contributed by atoms with Gasteiger partial charge in [0, 0.05) is 62.3 Å². The van der Waals surface area contributed by atoms with Gasteiger partial charge < -0.3 is 15.0 Å². The molecule has 2 aliphatic rings. The number of carbonyl (C=O) groups is 2. The summed E-state index contributed by atoms with van der Waals surface area (Å²) in [6.45, 7) is 12.5. The topological polar surface area (TPSA) is 58.6 Å². The first-order valence-electron chi connectivity index (χ1n) is 14.3. The van der Waals surface area contributed by atoms with Crippen molar-refractivity contribution in [3.8, 4) is 0 Å². The van der Waals surface area contributed by atoms with E-state index in [2.05, 4.69) is 31.9 Å². The third-order valence-electron chi connectivity index (χ3n) is 8.01. The number of benzene rings is 2. The zero-order valence-corrected chi connectivity index (χ0v) is 28.3. The summed E-state index contributed by atoms with van der Waals surface area (Å²) in [5.74, 6) is -0.0452.